The molecule has 17 heavy (non-hydrogen) atoms. The number of carbonyl (C=O) groups excluding carboxylic acids is 1. The summed E-state index contributed by atoms with van der Waals surface area (Å²) in [5.74, 6) is -0.611. The molecule has 0 radical (unpaired) electrons. The SMILES string of the molecule is O=C(O)CC1CN(C(=O)N2CCCCCC2)C1. The second kappa shape index (κ2) is 5.38. The lowest BCUT2D eigenvalue weighted by atomic mass is 9.97. The van der Waals surface area contributed by atoms with Crippen molar-refractivity contribution in [1.82, 2.24) is 9.80 Å². The van der Waals surface area contributed by atoms with Crippen LogP contribution in [0.15, 0.2) is 0 Å². The summed E-state index contributed by atoms with van der Waals surface area (Å²) >= 11 is 0. The lowest BCUT2D eigenvalue weighted by Gasteiger charge is -2.41. The van der Waals surface area contributed by atoms with E-state index >= 15 is 0 Å². The minimum absolute atomic E-state index is 0.105. The number of likely N-dealkylation sites (tertiary alicyclic amines) is 2. The summed E-state index contributed by atoms with van der Waals surface area (Å²) in [7, 11) is 0. The van der Waals surface area contributed by atoms with Crippen LogP contribution in [0.5, 0.6) is 0 Å². The highest BCUT2D eigenvalue weighted by Gasteiger charge is 2.34. The Morgan fingerprint density at radius 2 is 1.59 bits per heavy atom. The molecule has 5 heteroatoms. The number of urea groups is 1. The molecule has 0 atom stereocenters. The molecule has 5 nitrogen and oxygen atoms in total. The summed E-state index contributed by atoms with van der Waals surface area (Å²) in [4.78, 5) is 26.3. The highest BCUT2D eigenvalue weighted by atomic mass is 16.4. The first-order chi connectivity index (χ1) is 8.16. The fourth-order valence-electron chi connectivity index (χ4n) is 2.56. The molecule has 0 aromatic heterocycles. The van der Waals surface area contributed by atoms with Gasteiger partial charge in [0.2, 0.25) is 0 Å². The molecule has 0 aromatic carbocycles. The predicted molar refractivity (Wildman–Crippen MR) is 62.8 cm³/mol. The molecule has 2 fully saturated rings. The molecule has 2 rings (SSSR count). The van der Waals surface area contributed by atoms with Crippen LogP contribution >= 0.6 is 0 Å². The van der Waals surface area contributed by atoms with E-state index in [2.05, 4.69) is 0 Å². The van der Waals surface area contributed by atoms with E-state index in [0.717, 1.165) is 25.9 Å². The van der Waals surface area contributed by atoms with Crippen molar-refractivity contribution in [2.75, 3.05) is 26.2 Å². The first kappa shape index (κ1) is 12.2. The van der Waals surface area contributed by atoms with E-state index in [9.17, 15) is 9.59 Å². The van der Waals surface area contributed by atoms with Gasteiger partial charge < -0.3 is 14.9 Å². The highest BCUT2D eigenvalue weighted by molar-refractivity contribution is 5.76. The third kappa shape index (κ3) is 3.11. The smallest absolute Gasteiger partial charge is 0.320 e. The van der Waals surface area contributed by atoms with Crippen molar-refractivity contribution in [1.29, 1.82) is 0 Å². The largest absolute Gasteiger partial charge is 0.481 e. The molecule has 1 N–H and O–H groups in total. The number of carboxylic acid groups (broad SMARTS) is 1. The van der Waals surface area contributed by atoms with Crippen LogP contribution in [0.2, 0.25) is 0 Å². The van der Waals surface area contributed by atoms with Crippen molar-refractivity contribution >= 4 is 12.0 Å². The minimum atomic E-state index is -0.767. The number of aliphatic carboxylic acids is 1. The van der Waals surface area contributed by atoms with E-state index in [1.807, 2.05) is 4.90 Å². The van der Waals surface area contributed by atoms with Gasteiger partial charge in [0.15, 0.2) is 0 Å². The fraction of sp³-hybridized carbons (Fsp3) is 0.833. The minimum Gasteiger partial charge on any atom is -0.481 e. The molecule has 2 amide bonds. The van der Waals surface area contributed by atoms with Crippen molar-refractivity contribution in [3.8, 4) is 0 Å². The molecule has 2 saturated heterocycles. The molecule has 0 unspecified atom stereocenters. The molecule has 0 bridgehead atoms. The number of hydrogen-bond donors (Lipinski definition) is 1. The second-order valence-corrected chi connectivity index (χ2v) is 5.05. The van der Waals surface area contributed by atoms with Gasteiger partial charge in [-0.1, -0.05) is 12.8 Å². The summed E-state index contributed by atoms with van der Waals surface area (Å²) < 4.78 is 0. The third-order valence-electron chi connectivity index (χ3n) is 3.57. The van der Waals surface area contributed by atoms with E-state index in [1.54, 1.807) is 4.90 Å². The van der Waals surface area contributed by atoms with Gasteiger partial charge in [0.25, 0.3) is 0 Å². The lowest BCUT2D eigenvalue weighted by molar-refractivity contribution is -0.139. The Hall–Kier alpha value is -1.26. The Morgan fingerprint density at radius 1 is 1.00 bits per heavy atom. The summed E-state index contributed by atoms with van der Waals surface area (Å²) in [6.45, 7) is 2.95. The number of hydrogen-bond acceptors (Lipinski definition) is 2. The number of carbonyl (C=O) groups is 2. The van der Waals surface area contributed by atoms with E-state index in [-0.39, 0.29) is 18.4 Å². The van der Waals surface area contributed by atoms with Crippen LogP contribution in [0.1, 0.15) is 32.1 Å². The number of rotatable bonds is 2. The maximum absolute atomic E-state index is 12.1. The summed E-state index contributed by atoms with van der Waals surface area (Å²) in [6.07, 6.45) is 4.80. The summed E-state index contributed by atoms with van der Waals surface area (Å²) in [5, 5.41) is 8.65. The van der Waals surface area contributed by atoms with Gasteiger partial charge in [-0.2, -0.15) is 0 Å². The Bertz CT molecular complexity index is 292. The average molecular weight is 240 g/mol. The molecule has 2 aliphatic rings. The van der Waals surface area contributed by atoms with Crippen LogP contribution in [-0.2, 0) is 4.79 Å². The maximum Gasteiger partial charge on any atom is 0.320 e. The summed E-state index contributed by atoms with van der Waals surface area (Å²) in [6, 6.07) is 0.105. The van der Waals surface area contributed by atoms with Crippen LogP contribution in [0, 0.1) is 5.92 Å². The van der Waals surface area contributed by atoms with Crippen LogP contribution < -0.4 is 0 Å². The zero-order valence-electron chi connectivity index (χ0n) is 10.1. The maximum atomic E-state index is 12.1. The number of nitrogens with zero attached hydrogens (tertiary/aromatic N) is 2. The fourth-order valence-corrected chi connectivity index (χ4v) is 2.56. The molecule has 0 spiro atoms. The van der Waals surface area contributed by atoms with Crippen molar-refractivity contribution in [3.63, 3.8) is 0 Å². The molecule has 0 aliphatic carbocycles. The average Bonchev–Trinajstić information content (AvgIpc) is 2.50. The van der Waals surface area contributed by atoms with Crippen molar-refractivity contribution in [2.24, 2.45) is 5.92 Å². The van der Waals surface area contributed by atoms with Gasteiger partial charge >= 0.3 is 12.0 Å². The van der Waals surface area contributed by atoms with E-state index in [0.29, 0.717) is 13.1 Å². The van der Waals surface area contributed by atoms with Gasteiger partial charge in [-0.3, -0.25) is 4.79 Å². The quantitative estimate of drug-likeness (QED) is 0.793. The van der Waals surface area contributed by atoms with Crippen LogP contribution in [0.4, 0.5) is 4.79 Å². The topological polar surface area (TPSA) is 60.9 Å². The van der Waals surface area contributed by atoms with E-state index < -0.39 is 5.97 Å². The van der Waals surface area contributed by atoms with Crippen molar-refractivity contribution < 1.29 is 14.7 Å². The standard InChI is InChI=1S/C12H20N2O3/c15-11(16)7-10-8-14(9-10)12(17)13-5-3-1-2-4-6-13/h10H,1-9H2,(H,15,16). The second-order valence-electron chi connectivity index (χ2n) is 5.05. The highest BCUT2D eigenvalue weighted by Crippen LogP contribution is 2.21. The molecule has 96 valence electrons. The molecular weight excluding hydrogens is 220 g/mol. The normalized spacial score (nSPS) is 21.9. The van der Waals surface area contributed by atoms with Gasteiger partial charge in [0.1, 0.15) is 0 Å². The van der Waals surface area contributed by atoms with E-state index in [1.165, 1.54) is 12.8 Å². The summed E-state index contributed by atoms with van der Waals surface area (Å²) in [5.41, 5.74) is 0. The van der Waals surface area contributed by atoms with Gasteiger partial charge in [0, 0.05) is 32.1 Å². The predicted octanol–water partition coefficient (Wildman–Crippen LogP) is 1.39. The molecule has 0 aromatic rings. The molecular formula is C12H20N2O3. The van der Waals surface area contributed by atoms with Crippen LogP contribution in [0.3, 0.4) is 0 Å². The molecule has 2 aliphatic heterocycles. The molecule has 0 saturated carbocycles. The zero-order chi connectivity index (χ0) is 12.3. The Kier molecular flexibility index (Phi) is 3.86. The first-order valence-corrected chi connectivity index (χ1v) is 6.42. The van der Waals surface area contributed by atoms with Crippen LogP contribution in [-0.4, -0.2) is 53.1 Å². The monoisotopic (exact) mass is 240 g/mol. The Balaban J connectivity index is 1.76. The van der Waals surface area contributed by atoms with Gasteiger partial charge in [0.05, 0.1) is 6.42 Å². The van der Waals surface area contributed by atoms with Gasteiger partial charge in [-0.15, -0.1) is 0 Å². The van der Waals surface area contributed by atoms with Gasteiger partial charge in [-0.05, 0) is 12.8 Å². The Morgan fingerprint density at radius 3 is 2.12 bits per heavy atom. The number of amides is 2. The van der Waals surface area contributed by atoms with E-state index in [4.69, 9.17) is 5.11 Å². The number of carboxylic acids is 1. The van der Waals surface area contributed by atoms with Crippen LogP contribution in [0.25, 0.3) is 0 Å². The Labute approximate surface area is 101 Å². The van der Waals surface area contributed by atoms with Gasteiger partial charge in [-0.25, -0.2) is 4.79 Å². The van der Waals surface area contributed by atoms with Crippen molar-refractivity contribution in [3.05, 3.63) is 0 Å². The van der Waals surface area contributed by atoms with Crippen molar-refractivity contribution in [2.45, 2.75) is 32.1 Å². The lowest BCUT2D eigenvalue weighted by Crippen LogP contribution is -2.55. The molecule has 2 heterocycles. The first-order valence-electron chi connectivity index (χ1n) is 6.42. The third-order valence-corrected chi connectivity index (χ3v) is 3.57. The zero-order valence-corrected chi connectivity index (χ0v) is 10.1.